The third-order valence-electron chi connectivity index (χ3n) is 6.03. The lowest BCUT2D eigenvalue weighted by molar-refractivity contribution is 0.122. The molecule has 1 atom stereocenters. The molecule has 7 heteroatoms. The number of aliphatic hydroxyl groups is 2. The lowest BCUT2D eigenvalue weighted by atomic mass is 9.82. The highest BCUT2D eigenvalue weighted by molar-refractivity contribution is 5.81. The Kier molecular flexibility index (Phi) is 7.61. The molecule has 0 bridgehead atoms. The summed E-state index contributed by atoms with van der Waals surface area (Å²) >= 11 is 0. The molecule has 0 saturated heterocycles. The molecular formula is C22H34N4O3. The van der Waals surface area contributed by atoms with E-state index in [2.05, 4.69) is 24.1 Å². The predicted molar refractivity (Wildman–Crippen MR) is 115 cm³/mol. The Morgan fingerprint density at radius 1 is 1.24 bits per heavy atom. The summed E-state index contributed by atoms with van der Waals surface area (Å²) in [4.78, 5) is 22.2. The molecule has 0 radical (unpaired) electrons. The standard InChI is InChI=1S/C22H34N4O3/c1-3-15(2)24-22-23-13-18-20(25-22)19(16-7-9-17(28)10-8-16)14-26(21(18)29)11-5-4-6-12-27/h13-17,27-28H,3-12H2,1-2H3,(H,23,24,25)/t15-,16?,17?/m0/s1. The van der Waals surface area contributed by atoms with Gasteiger partial charge in [-0.1, -0.05) is 6.92 Å². The number of nitrogens with one attached hydrogen (secondary N) is 1. The van der Waals surface area contributed by atoms with Crippen molar-refractivity contribution >= 4 is 16.9 Å². The molecule has 7 nitrogen and oxygen atoms in total. The van der Waals surface area contributed by atoms with Crippen LogP contribution < -0.4 is 10.9 Å². The molecule has 2 heterocycles. The van der Waals surface area contributed by atoms with Crippen molar-refractivity contribution < 1.29 is 10.2 Å². The minimum Gasteiger partial charge on any atom is -0.396 e. The van der Waals surface area contributed by atoms with Crippen LogP contribution in [-0.2, 0) is 6.54 Å². The second-order valence-electron chi connectivity index (χ2n) is 8.28. The summed E-state index contributed by atoms with van der Waals surface area (Å²) in [7, 11) is 0. The molecule has 1 aliphatic carbocycles. The number of fused-ring (bicyclic) bond motifs is 1. The Morgan fingerprint density at radius 3 is 2.69 bits per heavy atom. The van der Waals surface area contributed by atoms with Gasteiger partial charge in [0.25, 0.3) is 5.56 Å². The van der Waals surface area contributed by atoms with Gasteiger partial charge in [-0.05, 0) is 69.8 Å². The molecule has 2 aromatic heterocycles. The van der Waals surface area contributed by atoms with Crippen LogP contribution in [-0.4, -0.2) is 43.5 Å². The van der Waals surface area contributed by atoms with Crippen LogP contribution in [0.2, 0.25) is 0 Å². The number of hydrogen-bond acceptors (Lipinski definition) is 6. The highest BCUT2D eigenvalue weighted by Gasteiger charge is 2.25. The number of pyridine rings is 1. The predicted octanol–water partition coefficient (Wildman–Crippen LogP) is 3.18. The van der Waals surface area contributed by atoms with Gasteiger partial charge in [0.05, 0.1) is 17.0 Å². The summed E-state index contributed by atoms with van der Waals surface area (Å²) in [6.07, 6.45) is 10.2. The zero-order valence-corrected chi connectivity index (χ0v) is 17.6. The first-order valence-electron chi connectivity index (χ1n) is 11.0. The van der Waals surface area contributed by atoms with Crippen molar-refractivity contribution in [3.8, 4) is 0 Å². The van der Waals surface area contributed by atoms with Gasteiger partial charge in [-0.2, -0.15) is 0 Å². The summed E-state index contributed by atoms with van der Waals surface area (Å²) in [5.74, 6) is 0.848. The molecular weight excluding hydrogens is 368 g/mol. The van der Waals surface area contributed by atoms with Gasteiger partial charge in [0.15, 0.2) is 0 Å². The van der Waals surface area contributed by atoms with Crippen molar-refractivity contribution in [1.82, 2.24) is 14.5 Å². The van der Waals surface area contributed by atoms with Gasteiger partial charge in [-0.25, -0.2) is 9.97 Å². The van der Waals surface area contributed by atoms with Gasteiger partial charge >= 0.3 is 0 Å². The quantitative estimate of drug-likeness (QED) is 0.557. The van der Waals surface area contributed by atoms with Crippen LogP contribution in [0.3, 0.4) is 0 Å². The summed E-state index contributed by atoms with van der Waals surface area (Å²) in [6, 6.07) is 0.257. The fourth-order valence-electron chi connectivity index (χ4n) is 4.02. The van der Waals surface area contributed by atoms with Crippen LogP contribution in [0.15, 0.2) is 17.2 Å². The Morgan fingerprint density at radius 2 is 2.00 bits per heavy atom. The number of aromatic nitrogens is 3. The minimum absolute atomic E-state index is 0.0568. The molecule has 1 aliphatic rings. The van der Waals surface area contributed by atoms with Gasteiger partial charge in [0.2, 0.25) is 5.95 Å². The molecule has 0 amide bonds. The molecule has 0 unspecified atom stereocenters. The number of aryl methyl sites for hydroxylation is 1. The Bertz CT molecular complexity index is 859. The molecule has 160 valence electrons. The molecule has 2 aromatic rings. The normalized spacial score (nSPS) is 20.7. The second kappa shape index (κ2) is 10.2. The van der Waals surface area contributed by atoms with Crippen LogP contribution >= 0.6 is 0 Å². The van der Waals surface area contributed by atoms with E-state index < -0.39 is 0 Å². The van der Waals surface area contributed by atoms with Crippen molar-refractivity contribution in [3.05, 3.63) is 28.3 Å². The lowest BCUT2D eigenvalue weighted by Gasteiger charge is -2.27. The monoisotopic (exact) mass is 402 g/mol. The Balaban J connectivity index is 2.00. The maximum atomic E-state index is 13.0. The fourth-order valence-corrected chi connectivity index (χ4v) is 4.02. The maximum Gasteiger partial charge on any atom is 0.261 e. The van der Waals surface area contributed by atoms with Crippen LogP contribution in [0.5, 0.6) is 0 Å². The maximum absolute atomic E-state index is 13.0. The van der Waals surface area contributed by atoms with E-state index in [-0.39, 0.29) is 30.2 Å². The zero-order chi connectivity index (χ0) is 20.8. The van der Waals surface area contributed by atoms with Crippen molar-refractivity contribution in [1.29, 1.82) is 0 Å². The van der Waals surface area contributed by atoms with Crippen LogP contribution in [0.4, 0.5) is 5.95 Å². The Hall–Kier alpha value is -1.99. The van der Waals surface area contributed by atoms with Crippen molar-refractivity contribution in [2.24, 2.45) is 0 Å². The first-order valence-corrected chi connectivity index (χ1v) is 11.0. The number of unbranched alkanes of at least 4 members (excludes halogenated alkanes) is 2. The smallest absolute Gasteiger partial charge is 0.261 e. The first-order chi connectivity index (χ1) is 14.0. The van der Waals surface area contributed by atoms with E-state index in [0.29, 0.717) is 17.9 Å². The van der Waals surface area contributed by atoms with E-state index in [1.54, 1.807) is 10.8 Å². The van der Waals surface area contributed by atoms with E-state index in [1.165, 1.54) is 0 Å². The first kappa shape index (κ1) is 21.7. The van der Waals surface area contributed by atoms with Crippen molar-refractivity contribution in [2.45, 2.75) is 89.8 Å². The zero-order valence-electron chi connectivity index (χ0n) is 17.6. The van der Waals surface area contributed by atoms with E-state index in [0.717, 1.165) is 62.4 Å². The number of hydrogen-bond donors (Lipinski definition) is 3. The Labute approximate surface area is 172 Å². The van der Waals surface area contributed by atoms with Gasteiger partial charge in [0, 0.05) is 31.6 Å². The van der Waals surface area contributed by atoms with E-state index in [4.69, 9.17) is 10.1 Å². The van der Waals surface area contributed by atoms with Crippen LogP contribution in [0, 0.1) is 0 Å². The second-order valence-corrected chi connectivity index (χ2v) is 8.28. The summed E-state index contributed by atoms with van der Waals surface area (Å²) < 4.78 is 1.78. The highest BCUT2D eigenvalue weighted by atomic mass is 16.3. The van der Waals surface area contributed by atoms with E-state index in [9.17, 15) is 9.90 Å². The molecule has 29 heavy (non-hydrogen) atoms. The van der Waals surface area contributed by atoms with Gasteiger partial charge < -0.3 is 20.1 Å². The molecule has 3 rings (SSSR count). The topological polar surface area (TPSA) is 100 Å². The van der Waals surface area contributed by atoms with Crippen molar-refractivity contribution in [2.75, 3.05) is 11.9 Å². The molecule has 1 saturated carbocycles. The average Bonchev–Trinajstić information content (AvgIpc) is 2.73. The minimum atomic E-state index is -0.223. The number of nitrogens with zero attached hydrogens (tertiary/aromatic N) is 3. The van der Waals surface area contributed by atoms with Gasteiger partial charge in [-0.3, -0.25) is 4.79 Å². The summed E-state index contributed by atoms with van der Waals surface area (Å²) in [6.45, 7) is 5.00. The molecule has 0 aliphatic heterocycles. The highest BCUT2D eigenvalue weighted by Crippen LogP contribution is 2.35. The van der Waals surface area contributed by atoms with Crippen molar-refractivity contribution in [3.63, 3.8) is 0 Å². The summed E-state index contributed by atoms with van der Waals surface area (Å²) in [5, 5.41) is 22.8. The number of rotatable bonds is 9. The van der Waals surface area contributed by atoms with Gasteiger partial charge in [-0.15, -0.1) is 0 Å². The molecule has 1 fully saturated rings. The lowest BCUT2D eigenvalue weighted by Crippen LogP contribution is -2.25. The van der Waals surface area contributed by atoms with Gasteiger partial charge in [0.1, 0.15) is 0 Å². The fraction of sp³-hybridized carbons (Fsp3) is 0.682. The largest absolute Gasteiger partial charge is 0.396 e. The van der Waals surface area contributed by atoms with Crippen LogP contribution in [0.1, 0.15) is 76.7 Å². The SMILES string of the molecule is CC[C@H](C)Nc1ncc2c(=O)n(CCCCCO)cc(C3CCC(O)CC3)c2n1. The molecule has 3 N–H and O–H groups in total. The number of aliphatic hydroxyl groups excluding tert-OH is 2. The average molecular weight is 403 g/mol. The third kappa shape index (κ3) is 5.34. The number of anilines is 1. The summed E-state index contributed by atoms with van der Waals surface area (Å²) in [5.41, 5.74) is 1.77. The third-order valence-corrected chi connectivity index (χ3v) is 6.03. The molecule has 0 aromatic carbocycles. The van der Waals surface area contributed by atoms with E-state index in [1.807, 2.05) is 6.20 Å². The molecule has 0 spiro atoms. The van der Waals surface area contributed by atoms with E-state index >= 15 is 0 Å². The van der Waals surface area contributed by atoms with Crippen LogP contribution in [0.25, 0.3) is 10.9 Å².